The lowest BCUT2D eigenvalue weighted by molar-refractivity contribution is -0.115. The van der Waals surface area contributed by atoms with Crippen LogP contribution in [-0.4, -0.2) is 44.2 Å². The Morgan fingerprint density at radius 1 is 1.33 bits per heavy atom. The first kappa shape index (κ1) is 20.2. The number of carbonyl (C=O) groups is 2. The van der Waals surface area contributed by atoms with E-state index in [1.165, 1.54) is 0 Å². The Balaban J connectivity index is 0.00000288. The molecule has 1 heterocycles. The van der Waals surface area contributed by atoms with Gasteiger partial charge in [0, 0.05) is 19.7 Å². The van der Waals surface area contributed by atoms with Gasteiger partial charge < -0.3 is 20.7 Å². The molecule has 3 N–H and O–H groups in total. The van der Waals surface area contributed by atoms with Gasteiger partial charge in [-0.3, -0.25) is 9.59 Å². The van der Waals surface area contributed by atoms with E-state index in [1.807, 2.05) is 0 Å². The third-order valence-corrected chi connectivity index (χ3v) is 3.53. The van der Waals surface area contributed by atoms with Gasteiger partial charge in [0.2, 0.25) is 5.91 Å². The number of anilines is 1. The van der Waals surface area contributed by atoms with Crippen LogP contribution in [0.15, 0.2) is 36.9 Å². The number of para-hydroxylation sites is 1. The number of hydrogen-bond donors (Lipinski definition) is 3. The highest BCUT2D eigenvalue weighted by Crippen LogP contribution is 2.15. The van der Waals surface area contributed by atoms with Crippen molar-refractivity contribution in [1.29, 1.82) is 0 Å². The fourth-order valence-corrected chi connectivity index (χ4v) is 2.40. The first-order valence-electron chi connectivity index (χ1n) is 7.81. The minimum atomic E-state index is -0.242. The molecule has 1 saturated heterocycles. The van der Waals surface area contributed by atoms with Gasteiger partial charge in [-0.25, -0.2) is 0 Å². The number of carbonyl (C=O) groups excluding carboxylic acids is 2. The van der Waals surface area contributed by atoms with Crippen LogP contribution in [0.25, 0.3) is 0 Å². The predicted octanol–water partition coefficient (Wildman–Crippen LogP) is 1.73. The number of rotatable bonds is 8. The summed E-state index contributed by atoms with van der Waals surface area (Å²) in [5.74, 6) is -0.430. The molecule has 1 fully saturated rings. The Morgan fingerprint density at radius 2 is 2.12 bits per heavy atom. The van der Waals surface area contributed by atoms with Crippen LogP contribution < -0.4 is 16.0 Å². The Bertz CT molecular complexity index is 560. The monoisotopic (exact) mass is 353 g/mol. The fourth-order valence-electron chi connectivity index (χ4n) is 2.40. The predicted molar refractivity (Wildman–Crippen MR) is 96.7 cm³/mol. The average molecular weight is 354 g/mol. The van der Waals surface area contributed by atoms with Crippen LogP contribution in [0.5, 0.6) is 0 Å². The minimum Gasteiger partial charge on any atom is -0.377 e. The van der Waals surface area contributed by atoms with Crippen molar-refractivity contribution < 1.29 is 14.3 Å². The Hall–Kier alpha value is -1.89. The van der Waals surface area contributed by atoms with Crippen LogP contribution in [0.4, 0.5) is 5.69 Å². The third-order valence-electron chi connectivity index (χ3n) is 3.53. The van der Waals surface area contributed by atoms with E-state index < -0.39 is 0 Å². The molecule has 1 aromatic rings. The van der Waals surface area contributed by atoms with E-state index in [0.29, 0.717) is 24.3 Å². The van der Waals surface area contributed by atoms with Gasteiger partial charge >= 0.3 is 0 Å². The van der Waals surface area contributed by atoms with Crippen molar-refractivity contribution >= 4 is 29.9 Å². The molecular weight excluding hydrogens is 330 g/mol. The number of ether oxygens (including phenoxy) is 1. The van der Waals surface area contributed by atoms with Gasteiger partial charge in [0.15, 0.2) is 0 Å². The molecule has 1 aromatic carbocycles. The summed E-state index contributed by atoms with van der Waals surface area (Å²) < 4.78 is 5.49. The normalized spacial score (nSPS) is 16.1. The van der Waals surface area contributed by atoms with Crippen LogP contribution in [0.2, 0.25) is 0 Å². The van der Waals surface area contributed by atoms with Crippen molar-refractivity contribution in [2.24, 2.45) is 0 Å². The second-order valence-corrected chi connectivity index (χ2v) is 5.36. The zero-order chi connectivity index (χ0) is 16.5. The highest BCUT2D eigenvalue weighted by molar-refractivity contribution is 6.04. The maximum absolute atomic E-state index is 12.1. The van der Waals surface area contributed by atoms with Crippen molar-refractivity contribution in [3.05, 3.63) is 42.5 Å². The molecule has 1 atom stereocenters. The highest BCUT2D eigenvalue weighted by atomic mass is 35.5. The van der Waals surface area contributed by atoms with Gasteiger partial charge in [0.05, 0.1) is 23.9 Å². The molecule has 0 aromatic heterocycles. The SMILES string of the molecule is C=CCNC(=O)c1ccccc1NC(=O)CNCC1CCCO1.Cl. The number of halogens is 1. The molecule has 1 unspecified atom stereocenters. The fraction of sp³-hybridized carbons (Fsp3) is 0.412. The van der Waals surface area contributed by atoms with E-state index in [1.54, 1.807) is 30.3 Å². The van der Waals surface area contributed by atoms with Gasteiger partial charge in [0.1, 0.15) is 0 Å². The van der Waals surface area contributed by atoms with Crippen molar-refractivity contribution in [2.75, 3.05) is 31.6 Å². The van der Waals surface area contributed by atoms with E-state index in [0.717, 1.165) is 19.4 Å². The molecule has 24 heavy (non-hydrogen) atoms. The van der Waals surface area contributed by atoms with Gasteiger partial charge in [-0.05, 0) is 25.0 Å². The van der Waals surface area contributed by atoms with E-state index in [-0.39, 0.29) is 36.9 Å². The van der Waals surface area contributed by atoms with E-state index in [9.17, 15) is 9.59 Å². The molecule has 0 spiro atoms. The zero-order valence-corrected chi connectivity index (χ0v) is 14.4. The van der Waals surface area contributed by atoms with Crippen LogP contribution in [-0.2, 0) is 9.53 Å². The maximum atomic E-state index is 12.1. The quantitative estimate of drug-likeness (QED) is 0.622. The van der Waals surface area contributed by atoms with Gasteiger partial charge in [-0.15, -0.1) is 19.0 Å². The number of hydrogen-bond acceptors (Lipinski definition) is 4. The molecule has 0 aliphatic carbocycles. The first-order chi connectivity index (χ1) is 11.2. The molecule has 0 bridgehead atoms. The van der Waals surface area contributed by atoms with E-state index in [4.69, 9.17) is 4.74 Å². The molecule has 6 nitrogen and oxygen atoms in total. The second kappa shape index (κ2) is 10.8. The Morgan fingerprint density at radius 3 is 2.83 bits per heavy atom. The van der Waals surface area contributed by atoms with Crippen LogP contribution in [0.1, 0.15) is 23.2 Å². The molecular formula is C17H24ClN3O3. The third kappa shape index (κ3) is 6.31. The number of benzene rings is 1. The number of amides is 2. The molecule has 2 rings (SSSR count). The van der Waals surface area contributed by atoms with Crippen LogP contribution >= 0.6 is 12.4 Å². The highest BCUT2D eigenvalue weighted by Gasteiger charge is 2.16. The standard InChI is InChI=1S/C17H23N3O3.ClH/c1-2-9-19-17(22)14-7-3-4-8-15(14)20-16(21)12-18-11-13-6-5-10-23-13;/h2-4,7-8,13,18H,1,5-6,9-12H2,(H,19,22)(H,20,21);1H. The van der Waals surface area contributed by atoms with Crippen molar-refractivity contribution in [2.45, 2.75) is 18.9 Å². The van der Waals surface area contributed by atoms with Crippen molar-refractivity contribution in [3.63, 3.8) is 0 Å². The summed E-state index contributed by atoms with van der Waals surface area (Å²) in [6.07, 6.45) is 3.90. The molecule has 0 saturated carbocycles. The number of nitrogens with one attached hydrogen (secondary N) is 3. The summed E-state index contributed by atoms with van der Waals surface area (Å²) in [7, 11) is 0. The molecule has 1 aliphatic rings. The minimum absolute atomic E-state index is 0. The summed E-state index contributed by atoms with van der Waals surface area (Å²) in [5, 5.41) is 8.55. The molecule has 0 radical (unpaired) electrons. The zero-order valence-electron chi connectivity index (χ0n) is 13.5. The first-order valence-corrected chi connectivity index (χ1v) is 7.81. The van der Waals surface area contributed by atoms with Crippen molar-refractivity contribution in [1.82, 2.24) is 10.6 Å². The van der Waals surface area contributed by atoms with Gasteiger partial charge in [-0.1, -0.05) is 18.2 Å². The Kier molecular flexibility index (Phi) is 9.07. The largest absolute Gasteiger partial charge is 0.377 e. The molecule has 132 valence electrons. The van der Waals surface area contributed by atoms with Crippen LogP contribution in [0.3, 0.4) is 0 Å². The second-order valence-electron chi connectivity index (χ2n) is 5.36. The summed E-state index contributed by atoms with van der Waals surface area (Å²) >= 11 is 0. The summed E-state index contributed by atoms with van der Waals surface area (Å²) in [6, 6.07) is 6.92. The molecule has 2 amide bonds. The lowest BCUT2D eigenvalue weighted by atomic mass is 10.1. The molecule has 7 heteroatoms. The maximum Gasteiger partial charge on any atom is 0.253 e. The smallest absolute Gasteiger partial charge is 0.253 e. The molecule has 1 aliphatic heterocycles. The van der Waals surface area contributed by atoms with Gasteiger partial charge in [-0.2, -0.15) is 0 Å². The van der Waals surface area contributed by atoms with E-state index in [2.05, 4.69) is 22.5 Å². The van der Waals surface area contributed by atoms with Crippen LogP contribution in [0, 0.1) is 0 Å². The van der Waals surface area contributed by atoms with Crippen molar-refractivity contribution in [3.8, 4) is 0 Å². The summed E-state index contributed by atoms with van der Waals surface area (Å²) in [5.41, 5.74) is 0.930. The van der Waals surface area contributed by atoms with E-state index >= 15 is 0 Å². The lowest BCUT2D eigenvalue weighted by Crippen LogP contribution is -2.34. The summed E-state index contributed by atoms with van der Waals surface area (Å²) in [4.78, 5) is 24.1. The average Bonchev–Trinajstić information content (AvgIpc) is 3.06. The Labute approximate surface area is 148 Å². The lowest BCUT2D eigenvalue weighted by Gasteiger charge is -2.13. The topological polar surface area (TPSA) is 79.5 Å². The summed E-state index contributed by atoms with van der Waals surface area (Å²) in [6.45, 7) is 5.58. The van der Waals surface area contributed by atoms with Gasteiger partial charge in [0.25, 0.3) is 5.91 Å².